The normalized spacial score (nSPS) is 10.4. The van der Waals surface area contributed by atoms with Crippen LogP contribution in [0.15, 0.2) is 53.5 Å². The van der Waals surface area contributed by atoms with Crippen molar-refractivity contribution in [2.45, 2.75) is 0 Å². The van der Waals surface area contributed by atoms with Crippen molar-refractivity contribution in [2.24, 2.45) is 7.05 Å². The SMILES string of the molecule is Cl.Cn1cc(-c2ccc(F)c(N)c2)c2ccccc2c1=O. The van der Waals surface area contributed by atoms with Crippen LogP contribution >= 0.6 is 12.4 Å². The third-order valence-electron chi connectivity index (χ3n) is 3.40. The number of hydrogen-bond donors (Lipinski definition) is 1. The second-order valence-corrected chi connectivity index (χ2v) is 4.74. The van der Waals surface area contributed by atoms with Crippen LogP contribution < -0.4 is 11.3 Å². The molecule has 0 fully saturated rings. The molecule has 0 saturated carbocycles. The fraction of sp³-hybridized carbons (Fsp3) is 0.0625. The summed E-state index contributed by atoms with van der Waals surface area (Å²) in [7, 11) is 1.70. The zero-order valence-corrected chi connectivity index (χ0v) is 12.2. The molecule has 0 saturated heterocycles. The minimum absolute atomic E-state index is 0. The van der Waals surface area contributed by atoms with Gasteiger partial charge in [-0.25, -0.2) is 4.39 Å². The summed E-state index contributed by atoms with van der Waals surface area (Å²) in [4.78, 5) is 12.1. The molecule has 3 rings (SSSR count). The Balaban J connectivity index is 0.00000161. The predicted molar refractivity (Wildman–Crippen MR) is 86.2 cm³/mol. The van der Waals surface area contributed by atoms with E-state index in [4.69, 9.17) is 5.73 Å². The van der Waals surface area contributed by atoms with E-state index in [1.54, 1.807) is 31.4 Å². The molecule has 0 amide bonds. The second-order valence-electron chi connectivity index (χ2n) is 4.74. The highest BCUT2D eigenvalue weighted by molar-refractivity contribution is 5.96. The second kappa shape index (κ2) is 5.58. The lowest BCUT2D eigenvalue weighted by molar-refractivity contribution is 0.632. The van der Waals surface area contributed by atoms with E-state index in [1.807, 2.05) is 18.2 Å². The van der Waals surface area contributed by atoms with E-state index in [9.17, 15) is 9.18 Å². The van der Waals surface area contributed by atoms with Gasteiger partial charge in [-0.05, 0) is 29.1 Å². The van der Waals surface area contributed by atoms with Gasteiger partial charge in [0.05, 0.1) is 5.69 Å². The van der Waals surface area contributed by atoms with E-state index < -0.39 is 5.82 Å². The van der Waals surface area contributed by atoms with E-state index >= 15 is 0 Å². The lowest BCUT2D eigenvalue weighted by atomic mass is 10.00. The van der Waals surface area contributed by atoms with Gasteiger partial charge < -0.3 is 10.3 Å². The van der Waals surface area contributed by atoms with Crippen molar-refractivity contribution >= 4 is 28.9 Å². The van der Waals surface area contributed by atoms with Gasteiger partial charge in [0.2, 0.25) is 0 Å². The number of nitrogens with two attached hydrogens (primary N) is 1. The third-order valence-corrected chi connectivity index (χ3v) is 3.40. The van der Waals surface area contributed by atoms with Crippen LogP contribution in [0.3, 0.4) is 0 Å². The monoisotopic (exact) mass is 304 g/mol. The molecule has 0 radical (unpaired) electrons. The van der Waals surface area contributed by atoms with E-state index in [2.05, 4.69) is 0 Å². The van der Waals surface area contributed by atoms with Crippen LogP contribution in [0.4, 0.5) is 10.1 Å². The summed E-state index contributed by atoms with van der Waals surface area (Å²) in [5.41, 5.74) is 7.31. The van der Waals surface area contributed by atoms with Crippen molar-refractivity contribution in [1.82, 2.24) is 4.57 Å². The van der Waals surface area contributed by atoms with Gasteiger partial charge >= 0.3 is 0 Å². The topological polar surface area (TPSA) is 48.0 Å². The maximum atomic E-state index is 13.3. The highest BCUT2D eigenvalue weighted by Crippen LogP contribution is 2.28. The molecule has 0 aliphatic carbocycles. The molecule has 1 heterocycles. The quantitative estimate of drug-likeness (QED) is 0.701. The summed E-state index contributed by atoms with van der Waals surface area (Å²) in [6.07, 6.45) is 1.75. The molecular weight excluding hydrogens is 291 g/mol. The Hall–Kier alpha value is -2.33. The molecule has 3 aromatic rings. The number of anilines is 1. The number of nitrogen functional groups attached to an aromatic ring is 1. The molecular formula is C16H14ClFN2O. The fourth-order valence-electron chi connectivity index (χ4n) is 2.36. The molecule has 0 aliphatic heterocycles. The smallest absolute Gasteiger partial charge is 0.258 e. The van der Waals surface area contributed by atoms with Gasteiger partial charge in [0.25, 0.3) is 5.56 Å². The van der Waals surface area contributed by atoms with Gasteiger partial charge in [-0.1, -0.05) is 24.3 Å². The summed E-state index contributed by atoms with van der Waals surface area (Å²) < 4.78 is 14.8. The molecule has 108 valence electrons. The van der Waals surface area contributed by atoms with Gasteiger partial charge in [0.15, 0.2) is 0 Å². The lowest BCUT2D eigenvalue weighted by Gasteiger charge is -2.10. The average molecular weight is 305 g/mol. The Bertz CT molecular complexity index is 874. The van der Waals surface area contributed by atoms with Crippen molar-refractivity contribution in [3.05, 3.63) is 64.8 Å². The molecule has 1 aromatic heterocycles. The molecule has 3 nitrogen and oxygen atoms in total. The van der Waals surface area contributed by atoms with Crippen molar-refractivity contribution < 1.29 is 4.39 Å². The van der Waals surface area contributed by atoms with Crippen LogP contribution in [0.2, 0.25) is 0 Å². The summed E-state index contributed by atoms with van der Waals surface area (Å²) >= 11 is 0. The number of rotatable bonds is 1. The van der Waals surface area contributed by atoms with Crippen molar-refractivity contribution in [3.63, 3.8) is 0 Å². The largest absolute Gasteiger partial charge is 0.396 e. The highest BCUT2D eigenvalue weighted by Gasteiger charge is 2.09. The molecule has 0 spiro atoms. The maximum Gasteiger partial charge on any atom is 0.258 e. The van der Waals surface area contributed by atoms with Crippen molar-refractivity contribution in [1.29, 1.82) is 0 Å². The first-order valence-corrected chi connectivity index (χ1v) is 6.21. The zero-order chi connectivity index (χ0) is 14.3. The molecule has 0 aliphatic rings. The first-order valence-electron chi connectivity index (χ1n) is 6.21. The van der Waals surface area contributed by atoms with E-state index in [1.165, 1.54) is 10.6 Å². The van der Waals surface area contributed by atoms with Gasteiger partial charge in [-0.15, -0.1) is 12.4 Å². The van der Waals surface area contributed by atoms with E-state index in [-0.39, 0.29) is 23.7 Å². The predicted octanol–water partition coefficient (Wildman–Crippen LogP) is 3.35. The van der Waals surface area contributed by atoms with Crippen molar-refractivity contribution in [3.8, 4) is 11.1 Å². The van der Waals surface area contributed by atoms with Gasteiger partial charge in [-0.2, -0.15) is 0 Å². The Kier molecular flexibility index (Phi) is 4.00. The molecule has 0 atom stereocenters. The molecule has 21 heavy (non-hydrogen) atoms. The Morgan fingerprint density at radius 2 is 1.76 bits per heavy atom. The number of fused-ring (bicyclic) bond motifs is 1. The Morgan fingerprint density at radius 1 is 1.10 bits per heavy atom. The third kappa shape index (κ3) is 2.50. The van der Waals surface area contributed by atoms with Gasteiger partial charge in [0, 0.05) is 24.2 Å². The number of benzene rings is 2. The van der Waals surface area contributed by atoms with Gasteiger partial charge in [-0.3, -0.25) is 4.79 Å². The number of aryl methyl sites for hydroxylation is 1. The molecule has 0 unspecified atom stereocenters. The standard InChI is InChI=1S/C16H13FN2O.ClH/c1-19-9-13(10-6-7-14(17)15(18)8-10)11-4-2-3-5-12(11)16(19)20;/h2-9H,18H2,1H3;1H. The minimum Gasteiger partial charge on any atom is -0.396 e. The van der Waals surface area contributed by atoms with Crippen LogP contribution in [0.1, 0.15) is 0 Å². The van der Waals surface area contributed by atoms with Gasteiger partial charge in [0.1, 0.15) is 5.82 Å². The average Bonchev–Trinajstić information content (AvgIpc) is 2.46. The fourth-order valence-corrected chi connectivity index (χ4v) is 2.36. The summed E-state index contributed by atoms with van der Waals surface area (Å²) in [5.74, 6) is -0.442. The van der Waals surface area contributed by atoms with Crippen molar-refractivity contribution in [2.75, 3.05) is 5.73 Å². The Morgan fingerprint density at radius 3 is 2.43 bits per heavy atom. The summed E-state index contributed by atoms with van der Waals surface area (Å²) in [5, 5.41) is 1.47. The number of halogens is 2. The molecule has 2 aromatic carbocycles. The summed E-state index contributed by atoms with van der Waals surface area (Å²) in [6.45, 7) is 0. The zero-order valence-electron chi connectivity index (χ0n) is 11.3. The first kappa shape index (κ1) is 15.1. The highest BCUT2D eigenvalue weighted by atomic mass is 35.5. The minimum atomic E-state index is -0.442. The molecule has 5 heteroatoms. The number of hydrogen-bond acceptors (Lipinski definition) is 2. The van der Waals surface area contributed by atoms with Crippen LogP contribution in [-0.4, -0.2) is 4.57 Å². The number of aromatic nitrogens is 1. The van der Waals surface area contributed by atoms with E-state index in [0.717, 1.165) is 16.5 Å². The molecule has 0 bridgehead atoms. The van der Waals surface area contributed by atoms with Crippen LogP contribution in [0.25, 0.3) is 21.9 Å². The maximum absolute atomic E-state index is 13.3. The Labute approximate surface area is 127 Å². The molecule has 2 N–H and O–H groups in total. The van der Waals surface area contributed by atoms with E-state index in [0.29, 0.717) is 5.39 Å². The summed E-state index contributed by atoms with van der Waals surface area (Å²) in [6, 6.07) is 12.0. The van der Waals surface area contributed by atoms with Crippen LogP contribution in [-0.2, 0) is 7.05 Å². The van der Waals surface area contributed by atoms with Crippen LogP contribution in [0, 0.1) is 5.82 Å². The first-order chi connectivity index (χ1) is 9.58. The number of pyridine rings is 1. The van der Waals surface area contributed by atoms with Crippen LogP contribution in [0.5, 0.6) is 0 Å². The lowest BCUT2D eigenvalue weighted by Crippen LogP contribution is -2.16. The number of nitrogens with zero attached hydrogens (tertiary/aromatic N) is 1.